The number of carbonyl (C=O) groups is 1. The molecule has 2 fully saturated rings. The van der Waals surface area contributed by atoms with Crippen molar-refractivity contribution in [1.29, 1.82) is 0 Å². The van der Waals surface area contributed by atoms with Crippen LogP contribution in [0.5, 0.6) is 0 Å². The lowest BCUT2D eigenvalue weighted by atomic mass is 10.0. The van der Waals surface area contributed by atoms with E-state index in [4.69, 9.17) is 9.47 Å². The number of carbonyl (C=O) groups excluding carboxylic acids is 1. The number of allylic oxidation sites excluding steroid dienone is 1. The summed E-state index contributed by atoms with van der Waals surface area (Å²) >= 11 is 0. The fourth-order valence-electron chi connectivity index (χ4n) is 4.69. The fraction of sp³-hybridized carbons (Fsp3) is 0.783. The monoisotopic (exact) mass is 403 g/mol. The predicted octanol–water partition coefficient (Wildman–Crippen LogP) is 4.48. The Morgan fingerprint density at radius 3 is 2.90 bits per heavy atom. The van der Waals surface area contributed by atoms with Crippen molar-refractivity contribution < 1.29 is 14.3 Å². The first-order valence-corrected chi connectivity index (χ1v) is 11.4. The van der Waals surface area contributed by atoms with E-state index < -0.39 is 0 Å². The molecule has 2 aliphatic rings. The van der Waals surface area contributed by atoms with Crippen molar-refractivity contribution in [3.8, 4) is 0 Å². The van der Waals surface area contributed by atoms with Gasteiger partial charge in [-0.05, 0) is 38.5 Å². The lowest BCUT2D eigenvalue weighted by molar-refractivity contribution is -0.149. The second-order valence-corrected chi connectivity index (χ2v) is 9.00. The zero-order valence-corrected chi connectivity index (χ0v) is 18.1. The van der Waals surface area contributed by atoms with Crippen LogP contribution in [0.3, 0.4) is 0 Å². The molecule has 0 radical (unpaired) electrons. The van der Waals surface area contributed by atoms with Gasteiger partial charge in [0.2, 0.25) is 0 Å². The molecule has 6 heteroatoms. The van der Waals surface area contributed by atoms with Crippen LogP contribution >= 0.6 is 0 Å². The van der Waals surface area contributed by atoms with Gasteiger partial charge in [0.1, 0.15) is 6.10 Å². The van der Waals surface area contributed by atoms with E-state index >= 15 is 0 Å². The third kappa shape index (κ3) is 6.95. The van der Waals surface area contributed by atoms with Gasteiger partial charge in [0.05, 0.1) is 17.9 Å². The Morgan fingerprint density at radius 1 is 1.34 bits per heavy atom. The molecule has 0 unspecified atom stereocenters. The standard InChI is InChI=1S/C23H37N3O3/c1-4-5-10-23(27)28-18(3)13-21-11-12-22(29-21)17(2)15-26-16-20(24-25-26)14-19-8-6-7-9-19/h4,16-19,21-22H,1,5-15H2,2-3H3/t17-,18-,21-,22+/m1/s1. The van der Waals surface area contributed by atoms with E-state index in [2.05, 4.69) is 30.0 Å². The van der Waals surface area contributed by atoms with Crippen LogP contribution in [0, 0.1) is 11.8 Å². The summed E-state index contributed by atoms with van der Waals surface area (Å²) in [4.78, 5) is 11.7. The Labute approximate surface area is 175 Å². The summed E-state index contributed by atoms with van der Waals surface area (Å²) in [6.07, 6.45) is 14.5. The van der Waals surface area contributed by atoms with Crippen LogP contribution in [0.4, 0.5) is 0 Å². The highest BCUT2D eigenvalue weighted by Crippen LogP contribution is 2.30. The molecule has 0 spiro atoms. The van der Waals surface area contributed by atoms with Crippen LogP contribution in [-0.2, 0) is 27.2 Å². The van der Waals surface area contributed by atoms with Gasteiger partial charge < -0.3 is 9.47 Å². The fourth-order valence-corrected chi connectivity index (χ4v) is 4.69. The van der Waals surface area contributed by atoms with Crippen LogP contribution in [-0.4, -0.2) is 39.3 Å². The SMILES string of the molecule is C=CCCC(=O)O[C@H](C)C[C@H]1CC[C@@H]([C@H](C)Cn2cc(CC3CCCC3)nn2)O1. The van der Waals surface area contributed by atoms with Crippen LogP contribution in [0.15, 0.2) is 18.9 Å². The van der Waals surface area contributed by atoms with Crippen LogP contribution in [0.1, 0.15) is 77.3 Å². The summed E-state index contributed by atoms with van der Waals surface area (Å²) in [7, 11) is 0. The van der Waals surface area contributed by atoms with E-state index in [9.17, 15) is 4.79 Å². The number of esters is 1. The minimum Gasteiger partial charge on any atom is -0.463 e. The van der Waals surface area contributed by atoms with E-state index in [1.165, 1.54) is 25.7 Å². The molecule has 0 N–H and O–H groups in total. The number of aromatic nitrogens is 3. The molecular weight excluding hydrogens is 366 g/mol. The van der Waals surface area contributed by atoms with Crippen molar-refractivity contribution in [2.24, 2.45) is 11.8 Å². The molecule has 162 valence electrons. The summed E-state index contributed by atoms with van der Waals surface area (Å²) in [5.41, 5.74) is 1.13. The largest absolute Gasteiger partial charge is 0.463 e. The molecule has 6 nitrogen and oxygen atoms in total. The summed E-state index contributed by atoms with van der Waals surface area (Å²) in [6.45, 7) is 8.65. The van der Waals surface area contributed by atoms with Crippen molar-refractivity contribution >= 4 is 5.97 Å². The topological polar surface area (TPSA) is 66.2 Å². The highest BCUT2D eigenvalue weighted by atomic mass is 16.5. The molecule has 4 atom stereocenters. The second kappa shape index (κ2) is 10.9. The van der Waals surface area contributed by atoms with E-state index in [0.717, 1.165) is 43.8 Å². The number of ether oxygens (including phenoxy) is 2. The van der Waals surface area contributed by atoms with Crippen molar-refractivity contribution in [3.05, 3.63) is 24.5 Å². The van der Waals surface area contributed by atoms with E-state index in [1.807, 2.05) is 11.6 Å². The van der Waals surface area contributed by atoms with Crippen molar-refractivity contribution in [3.63, 3.8) is 0 Å². The van der Waals surface area contributed by atoms with E-state index in [1.54, 1.807) is 6.08 Å². The quantitative estimate of drug-likeness (QED) is 0.402. The molecule has 1 aliphatic heterocycles. The molecule has 1 aliphatic carbocycles. The highest BCUT2D eigenvalue weighted by Gasteiger charge is 2.31. The molecule has 0 aromatic carbocycles. The van der Waals surface area contributed by atoms with Gasteiger partial charge >= 0.3 is 5.97 Å². The third-order valence-corrected chi connectivity index (χ3v) is 6.29. The van der Waals surface area contributed by atoms with Crippen molar-refractivity contribution in [1.82, 2.24) is 15.0 Å². The Morgan fingerprint density at radius 2 is 2.14 bits per heavy atom. The van der Waals surface area contributed by atoms with Crippen molar-refractivity contribution in [2.45, 2.75) is 103 Å². The normalized spacial score (nSPS) is 24.5. The first-order valence-electron chi connectivity index (χ1n) is 11.4. The molecule has 29 heavy (non-hydrogen) atoms. The number of rotatable bonds is 11. The highest BCUT2D eigenvalue weighted by molar-refractivity contribution is 5.69. The molecule has 0 bridgehead atoms. The van der Waals surface area contributed by atoms with Crippen LogP contribution < -0.4 is 0 Å². The molecule has 2 heterocycles. The van der Waals surface area contributed by atoms with E-state index in [-0.39, 0.29) is 24.3 Å². The van der Waals surface area contributed by atoms with E-state index in [0.29, 0.717) is 18.8 Å². The number of hydrogen-bond acceptors (Lipinski definition) is 5. The molecule has 3 rings (SSSR count). The lowest BCUT2D eigenvalue weighted by Crippen LogP contribution is -2.25. The summed E-state index contributed by atoms with van der Waals surface area (Å²) in [5, 5.41) is 8.72. The molecule has 1 aromatic heterocycles. The van der Waals surface area contributed by atoms with Gasteiger partial charge in [-0.15, -0.1) is 11.7 Å². The van der Waals surface area contributed by atoms with Gasteiger partial charge in [0.15, 0.2) is 0 Å². The Bertz CT molecular complexity index is 654. The predicted molar refractivity (Wildman–Crippen MR) is 112 cm³/mol. The number of nitrogens with zero attached hydrogens (tertiary/aromatic N) is 3. The van der Waals surface area contributed by atoms with Crippen LogP contribution in [0.25, 0.3) is 0 Å². The van der Waals surface area contributed by atoms with Gasteiger partial charge in [-0.25, -0.2) is 0 Å². The van der Waals surface area contributed by atoms with Gasteiger partial charge in [0, 0.05) is 31.5 Å². The maximum absolute atomic E-state index is 11.7. The maximum Gasteiger partial charge on any atom is 0.306 e. The lowest BCUT2D eigenvalue weighted by Gasteiger charge is -2.21. The average Bonchev–Trinajstić information content (AvgIpc) is 3.43. The minimum absolute atomic E-state index is 0.111. The Balaban J connectivity index is 1.38. The first-order chi connectivity index (χ1) is 14.0. The second-order valence-electron chi connectivity index (χ2n) is 9.00. The van der Waals surface area contributed by atoms with Crippen molar-refractivity contribution in [2.75, 3.05) is 0 Å². The summed E-state index contributed by atoms with van der Waals surface area (Å²) in [5.74, 6) is 1.02. The number of hydrogen-bond donors (Lipinski definition) is 0. The zero-order chi connectivity index (χ0) is 20.6. The maximum atomic E-state index is 11.7. The molecule has 1 saturated heterocycles. The molecule has 0 amide bonds. The molecule has 1 saturated carbocycles. The van der Waals surface area contributed by atoms with Gasteiger partial charge in [-0.3, -0.25) is 9.48 Å². The van der Waals surface area contributed by atoms with Gasteiger partial charge in [0.25, 0.3) is 0 Å². The average molecular weight is 404 g/mol. The summed E-state index contributed by atoms with van der Waals surface area (Å²) in [6, 6.07) is 0. The van der Waals surface area contributed by atoms with Crippen LogP contribution in [0.2, 0.25) is 0 Å². The molecular formula is C23H37N3O3. The third-order valence-electron chi connectivity index (χ3n) is 6.29. The Kier molecular flexibility index (Phi) is 8.28. The smallest absolute Gasteiger partial charge is 0.306 e. The minimum atomic E-state index is -0.153. The molecule has 1 aromatic rings. The Hall–Kier alpha value is -1.69. The van der Waals surface area contributed by atoms with Gasteiger partial charge in [-0.2, -0.15) is 0 Å². The first kappa shape index (κ1) is 22.0. The summed E-state index contributed by atoms with van der Waals surface area (Å²) < 4.78 is 13.7. The zero-order valence-electron chi connectivity index (χ0n) is 18.1. The van der Waals surface area contributed by atoms with Gasteiger partial charge in [-0.1, -0.05) is 43.9 Å².